The molecule has 6 atom stereocenters. The molecular formula is C29H36O4. The first-order chi connectivity index (χ1) is 15.7. The van der Waals surface area contributed by atoms with Crippen molar-refractivity contribution >= 4 is 11.8 Å². The Bertz CT molecular complexity index is 1020. The lowest BCUT2D eigenvalue weighted by Crippen LogP contribution is -2.49. The Balaban J connectivity index is 1.41. The van der Waals surface area contributed by atoms with Gasteiger partial charge in [-0.15, -0.1) is 0 Å². The molecule has 0 heterocycles. The number of phenolic OH excluding ortho intramolecular Hbond substituents is 1. The maximum atomic E-state index is 13.4. The quantitative estimate of drug-likeness (QED) is 0.571. The number of rotatable bonds is 5. The first-order valence-corrected chi connectivity index (χ1v) is 12.7. The van der Waals surface area contributed by atoms with Crippen LogP contribution in [-0.2, 0) is 16.0 Å². The molecule has 1 aromatic rings. The van der Waals surface area contributed by atoms with E-state index < -0.39 is 11.9 Å². The van der Waals surface area contributed by atoms with Crippen molar-refractivity contribution in [3.05, 3.63) is 53.1 Å². The average molecular weight is 449 g/mol. The summed E-state index contributed by atoms with van der Waals surface area (Å²) in [6.07, 6.45) is 13.2. The van der Waals surface area contributed by atoms with Crippen LogP contribution < -0.4 is 0 Å². The maximum absolute atomic E-state index is 13.4. The van der Waals surface area contributed by atoms with Gasteiger partial charge >= 0.3 is 5.97 Å². The van der Waals surface area contributed by atoms with Crippen molar-refractivity contribution in [3.63, 3.8) is 0 Å². The molecule has 0 spiro atoms. The van der Waals surface area contributed by atoms with Gasteiger partial charge in [0, 0.05) is 12.0 Å². The van der Waals surface area contributed by atoms with E-state index in [1.807, 2.05) is 18.2 Å². The Labute approximate surface area is 196 Å². The van der Waals surface area contributed by atoms with Crippen molar-refractivity contribution in [2.24, 2.45) is 34.5 Å². The highest BCUT2D eigenvalue weighted by molar-refractivity contribution is 5.98. The zero-order chi connectivity index (χ0) is 23.4. The SMILES string of the molecule is C[C@@]12CCC[C@H]1[C@@H]1CC=C3C=C(C(=O)O)C(C(=O)CCc4ccc(O)cc4)C[C@]3(C)[C@H]1CC2. The predicted octanol–water partition coefficient (Wildman–Crippen LogP) is 6.09. The lowest BCUT2D eigenvalue weighted by Gasteiger charge is -2.57. The summed E-state index contributed by atoms with van der Waals surface area (Å²) in [7, 11) is 0. The topological polar surface area (TPSA) is 74.6 Å². The van der Waals surface area contributed by atoms with Crippen LogP contribution in [0.2, 0.25) is 0 Å². The Kier molecular flexibility index (Phi) is 5.54. The zero-order valence-corrected chi connectivity index (χ0v) is 19.8. The maximum Gasteiger partial charge on any atom is 0.332 e. The number of allylic oxidation sites excluding steroid dienone is 3. The first kappa shape index (κ1) is 22.4. The highest BCUT2D eigenvalue weighted by atomic mass is 16.4. The van der Waals surface area contributed by atoms with E-state index in [2.05, 4.69) is 19.9 Å². The smallest absolute Gasteiger partial charge is 0.332 e. The van der Waals surface area contributed by atoms with Crippen LogP contribution in [0.15, 0.2) is 47.6 Å². The summed E-state index contributed by atoms with van der Waals surface area (Å²) in [5.41, 5.74) is 2.76. The number of ketones is 1. The highest BCUT2D eigenvalue weighted by Gasteiger charge is 2.56. The number of carboxylic acid groups (broad SMARTS) is 1. The molecule has 2 fully saturated rings. The first-order valence-electron chi connectivity index (χ1n) is 12.7. The van der Waals surface area contributed by atoms with Crippen LogP contribution in [0.4, 0.5) is 0 Å². The summed E-state index contributed by atoms with van der Waals surface area (Å²) in [4.78, 5) is 25.5. The van der Waals surface area contributed by atoms with Gasteiger partial charge in [0.1, 0.15) is 11.5 Å². The van der Waals surface area contributed by atoms with Crippen LogP contribution in [0.25, 0.3) is 0 Å². The van der Waals surface area contributed by atoms with Crippen molar-refractivity contribution in [3.8, 4) is 5.75 Å². The van der Waals surface area contributed by atoms with E-state index in [-0.39, 0.29) is 22.5 Å². The van der Waals surface area contributed by atoms with Crippen LogP contribution in [0.5, 0.6) is 5.75 Å². The molecule has 33 heavy (non-hydrogen) atoms. The number of hydrogen-bond donors (Lipinski definition) is 2. The molecule has 1 aromatic carbocycles. The fourth-order valence-corrected chi connectivity index (χ4v) is 8.01. The molecule has 4 heteroatoms. The highest BCUT2D eigenvalue weighted by Crippen LogP contribution is 2.65. The Morgan fingerprint density at radius 1 is 1.06 bits per heavy atom. The fraction of sp³-hybridized carbons (Fsp3) is 0.586. The summed E-state index contributed by atoms with van der Waals surface area (Å²) in [5, 5.41) is 19.5. The minimum atomic E-state index is -0.963. The third-order valence-electron chi connectivity index (χ3n) is 9.85. The number of aromatic hydroxyl groups is 1. The minimum Gasteiger partial charge on any atom is -0.508 e. The summed E-state index contributed by atoms with van der Waals surface area (Å²) in [6.45, 7) is 4.80. The molecule has 4 aliphatic carbocycles. The van der Waals surface area contributed by atoms with Crippen molar-refractivity contribution in [2.75, 3.05) is 0 Å². The molecular weight excluding hydrogens is 412 g/mol. The number of benzene rings is 1. The second kappa shape index (κ2) is 8.14. The molecule has 5 rings (SSSR count). The largest absolute Gasteiger partial charge is 0.508 e. The molecule has 2 N–H and O–H groups in total. The summed E-state index contributed by atoms with van der Waals surface area (Å²) < 4.78 is 0. The van der Waals surface area contributed by atoms with Crippen molar-refractivity contribution < 1.29 is 19.8 Å². The zero-order valence-electron chi connectivity index (χ0n) is 19.8. The molecule has 0 radical (unpaired) electrons. The molecule has 0 saturated heterocycles. The lowest BCUT2D eigenvalue weighted by atomic mass is 9.47. The van der Waals surface area contributed by atoms with Crippen LogP contribution in [-0.4, -0.2) is 22.0 Å². The van der Waals surface area contributed by atoms with Gasteiger partial charge in [0.05, 0.1) is 5.92 Å². The van der Waals surface area contributed by atoms with Crippen LogP contribution in [0.3, 0.4) is 0 Å². The average Bonchev–Trinajstić information content (AvgIpc) is 3.19. The number of carbonyl (C=O) groups excluding carboxylic acids is 1. The monoisotopic (exact) mass is 448 g/mol. The normalized spacial score (nSPS) is 37.3. The van der Waals surface area contributed by atoms with Gasteiger partial charge in [0.25, 0.3) is 0 Å². The second-order valence-electron chi connectivity index (χ2n) is 11.6. The number of aliphatic carboxylic acids is 1. The predicted molar refractivity (Wildman–Crippen MR) is 128 cm³/mol. The fourth-order valence-electron chi connectivity index (χ4n) is 8.01. The number of phenols is 1. The van der Waals surface area contributed by atoms with E-state index in [9.17, 15) is 19.8 Å². The number of hydrogen-bond acceptors (Lipinski definition) is 3. The van der Waals surface area contributed by atoms with E-state index in [1.54, 1.807) is 12.1 Å². The number of Topliss-reactive ketones (excluding diaryl/α,β-unsaturated/α-hetero) is 1. The van der Waals surface area contributed by atoms with Gasteiger partial charge in [-0.2, -0.15) is 0 Å². The molecule has 0 amide bonds. The molecule has 4 nitrogen and oxygen atoms in total. The van der Waals surface area contributed by atoms with E-state index >= 15 is 0 Å². The van der Waals surface area contributed by atoms with Gasteiger partial charge in [0.2, 0.25) is 0 Å². The van der Waals surface area contributed by atoms with Gasteiger partial charge in [-0.3, -0.25) is 4.79 Å². The molecule has 176 valence electrons. The van der Waals surface area contributed by atoms with Crippen LogP contribution in [0, 0.1) is 34.5 Å². The van der Waals surface area contributed by atoms with E-state index in [0.29, 0.717) is 36.5 Å². The third kappa shape index (κ3) is 3.76. The van der Waals surface area contributed by atoms with Gasteiger partial charge < -0.3 is 10.2 Å². The van der Waals surface area contributed by atoms with Crippen molar-refractivity contribution in [2.45, 2.75) is 71.6 Å². The lowest BCUT2D eigenvalue weighted by molar-refractivity contribution is -0.136. The molecule has 4 aliphatic rings. The Morgan fingerprint density at radius 2 is 1.82 bits per heavy atom. The van der Waals surface area contributed by atoms with E-state index in [0.717, 1.165) is 23.5 Å². The van der Waals surface area contributed by atoms with Gasteiger partial charge in [0.15, 0.2) is 0 Å². The van der Waals surface area contributed by atoms with Gasteiger partial charge in [-0.1, -0.05) is 38.5 Å². The third-order valence-corrected chi connectivity index (χ3v) is 9.85. The van der Waals surface area contributed by atoms with Crippen molar-refractivity contribution in [1.29, 1.82) is 0 Å². The van der Waals surface area contributed by atoms with Crippen LogP contribution in [0.1, 0.15) is 70.8 Å². The number of carbonyl (C=O) groups is 2. The molecule has 2 saturated carbocycles. The van der Waals surface area contributed by atoms with E-state index in [1.165, 1.54) is 32.1 Å². The van der Waals surface area contributed by atoms with Gasteiger partial charge in [-0.25, -0.2) is 4.79 Å². The molecule has 1 unspecified atom stereocenters. The summed E-state index contributed by atoms with van der Waals surface area (Å²) >= 11 is 0. The molecule has 0 bridgehead atoms. The van der Waals surface area contributed by atoms with Gasteiger partial charge in [-0.05, 0) is 103 Å². The van der Waals surface area contributed by atoms with Crippen LogP contribution >= 0.6 is 0 Å². The van der Waals surface area contributed by atoms with E-state index in [4.69, 9.17) is 0 Å². The summed E-state index contributed by atoms with van der Waals surface area (Å²) in [5.74, 6) is 0.686. The Hall–Kier alpha value is -2.36. The standard InChI is InChI=1S/C29H36O4/c1-28-14-3-4-24(28)21-11-8-19-16-22(27(32)33)23(17-29(19,2)25(21)13-15-28)26(31)12-7-18-5-9-20(30)10-6-18/h5-6,8-10,16,21,23-25,30H,3-4,7,11-15,17H2,1-2H3,(H,32,33)/t21-,23?,24-,25-,28-,29-/m0/s1. The van der Waals surface area contributed by atoms with Crippen molar-refractivity contribution in [1.82, 2.24) is 0 Å². The number of carboxylic acids is 1. The molecule has 0 aromatic heterocycles. The number of fused-ring (bicyclic) bond motifs is 5. The molecule has 0 aliphatic heterocycles. The summed E-state index contributed by atoms with van der Waals surface area (Å²) in [6, 6.07) is 6.91. The number of aryl methyl sites for hydroxylation is 1. The second-order valence-corrected chi connectivity index (χ2v) is 11.6. The Morgan fingerprint density at radius 3 is 2.55 bits per heavy atom. The minimum absolute atomic E-state index is 0.0284.